The molecule has 1 N–H and O–H groups in total. The fourth-order valence-corrected chi connectivity index (χ4v) is 3.51. The van der Waals surface area contributed by atoms with Crippen molar-refractivity contribution in [1.82, 2.24) is 20.0 Å². The number of rotatable bonds is 3. The Morgan fingerprint density at radius 2 is 2.18 bits per heavy atom. The van der Waals surface area contributed by atoms with Gasteiger partial charge in [-0.2, -0.15) is 5.10 Å². The van der Waals surface area contributed by atoms with Crippen LogP contribution in [0.25, 0.3) is 0 Å². The van der Waals surface area contributed by atoms with Gasteiger partial charge in [-0.25, -0.2) is 4.79 Å². The van der Waals surface area contributed by atoms with Gasteiger partial charge in [-0.1, -0.05) is 12.2 Å². The van der Waals surface area contributed by atoms with Gasteiger partial charge in [0.05, 0.1) is 0 Å². The SMILES string of the molecule is CCn1nccc1C1CCN(C(=O)NC2C=CCCC2)CC1. The van der Waals surface area contributed by atoms with Crippen molar-refractivity contribution >= 4 is 6.03 Å². The Morgan fingerprint density at radius 3 is 2.86 bits per heavy atom. The molecule has 1 saturated heterocycles. The zero-order valence-electron chi connectivity index (χ0n) is 13.4. The van der Waals surface area contributed by atoms with Crippen molar-refractivity contribution < 1.29 is 4.79 Å². The molecule has 22 heavy (non-hydrogen) atoms. The number of aromatic nitrogens is 2. The van der Waals surface area contributed by atoms with E-state index < -0.39 is 0 Å². The van der Waals surface area contributed by atoms with Gasteiger partial charge in [-0.3, -0.25) is 4.68 Å². The van der Waals surface area contributed by atoms with E-state index in [0.29, 0.717) is 5.92 Å². The maximum atomic E-state index is 12.3. The second kappa shape index (κ2) is 6.99. The molecule has 0 radical (unpaired) electrons. The van der Waals surface area contributed by atoms with E-state index >= 15 is 0 Å². The van der Waals surface area contributed by atoms with Crippen LogP contribution in [0.5, 0.6) is 0 Å². The van der Waals surface area contributed by atoms with Crippen molar-refractivity contribution in [2.24, 2.45) is 0 Å². The number of hydrogen-bond acceptors (Lipinski definition) is 2. The van der Waals surface area contributed by atoms with Crippen LogP contribution in [0, 0.1) is 0 Å². The number of carbonyl (C=O) groups is 1. The number of amides is 2. The molecular weight excluding hydrogens is 276 g/mol. The molecule has 5 heteroatoms. The second-order valence-corrected chi connectivity index (χ2v) is 6.25. The Bertz CT molecular complexity index is 529. The number of aryl methyl sites for hydroxylation is 1. The first-order valence-corrected chi connectivity index (χ1v) is 8.51. The van der Waals surface area contributed by atoms with Crippen molar-refractivity contribution in [3.63, 3.8) is 0 Å². The number of urea groups is 1. The molecule has 2 aliphatic rings. The molecule has 1 fully saturated rings. The summed E-state index contributed by atoms with van der Waals surface area (Å²) in [5.74, 6) is 0.529. The minimum atomic E-state index is 0.0963. The molecule has 0 aromatic carbocycles. The van der Waals surface area contributed by atoms with E-state index in [1.807, 2.05) is 11.1 Å². The maximum Gasteiger partial charge on any atom is 0.317 e. The standard InChI is InChI=1S/C17H26N4O/c1-2-21-16(8-11-18-21)14-9-12-20(13-10-14)17(22)19-15-6-4-3-5-7-15/h4,6,8,11,14-15H,2-3,5,7,9-10,12-13H2,1H3,(H,19,22). The largest absolute Gasteiger partial charge is 0.332 e. The minimum absolute atomic E-state index is 0.0963. The van der Waals surface area contributed by atoms with Crippen LogP contribution in [0.3, 0.4) is 0 Å². The van der Waals surface area contributed by atoms with Gasteiger partial charge in [-0.05, 0) is 45.1 Å². The maximum absolute atomic E-state index is 12.3. The smallest absolute Gasteiger partial charge is 0.317 e. The van der Waals surface area contributed by atoms with Gasteiger partial charge >= 0.3 is 6.03 Å². The lowest BCUT2D eigenvalue weighted by Crippen LogP contribution is -2.47. The highest BCUT2D eigenvalue weighted by atomic mass is 16.2. The third-order valence-electron chi connectivity index (χ3n) is 4.81. The summed E-state index contributed by atoms with van der Waals surface area (Å²) in [6, 6.07) is 2.44. The number of nitrogens with zero attached hydrogens (tertiary/aromatic N) is 3. The summed E-state index contributed by atoms with van der Waals surface area (Å²) < 4.78 is 2.08. The fourth-order valence-electron chi connectivity index (χ4n) is 3.51. The molecule has 1 aliphatic carbocycles. The topological polar surface area (TPSA) is 50.2 Å². The van der Waals surface area contributed by atoms with E-state index in [0.717, 1.165) is 45.3 Å². The molecule has 3 rings (SSSR count). The van der Waals surface area contributed by atoms with Crippen LogP contribution in [0.1, 0.15) is 50.6 Å². The minimum Gasteiger partial charge on any atom is -0.332 e. The molecule has 120 valence electrons. The zero-order valence-corrected chi connectivity index (χ0v) is 13.4. The Morgan fingerprint density at radius 1 is 1.36 bits per heavy atom. The van der Waals surface area contributed by atoms with Gasteiger partial charge < -0.3 is 10.2 Å². The molecule has 1 aromatic rings. The van der Waals surface area contributed by atoms with Gasteiger partial charge in [-0.15, -0.1) is 0 Å². The summed E-state index contributed by atoms with van der Waals surface area (Å²) in [4.78, 5) is 14.3. The van der Waals surface area contributed by atoms with Crippen molar-refractivity contribution in [2.45, 2.75) is 57.5 Å². The average Bonchev–Trinajstić information content (AvgIpc) is 3.04. The molecule has 0 spiro atoms. The molecule has 0 saturated carbocycles. The van der Waals surface area contributed by atoms with Crippen molar-refractivity contribution in [3.05, 3.63) is 30.1 Å². The molecule has 2 heterocycles. The molecule has 1 unspecified atom stereocenters. The third kappa shape index (κ3) is 3.34. The Labute approximate surface area is 132 Å². The number of hydrogen-bond donors (Lipinski definition) is 1. The summed E-state index contributed by atoms with van der Waals surface area (Å²) in [7, 11) is 0. The highest BCUT2D eigenvalue weighted by Crippen LogP contribution is 2.27. The van der Waals surface area contributed by atoms with Crippen LogP contribution in [-0.4, -0.2) is 39.8 Å². The van der Waals surface area contributed by atoms with E-state index in [2.05, 4.69) is 40.2 Å². The number of nitrogens with one attached hydrogen (secondary N) is 1. The predicted octanol–water partition coefficient (Wildman–Crippen LogP) is 2.90. The van der Waals surface area contributed by atoms with Gasteiger partial charge in [0.25, 0.3) is 0 Å². The van der Waals surface area contributed by atoms with Crippen LogP contribution < -0.4 is 5.32 Å². The van der Waals surface area contributed by atoms with Crippen LogP contribution in [0.2, 0.25) is 0 Å². The quantitative estimate of drug-likeness (QED) is 0.873. The molecule has 2 amide bonds. The first-order valence-electron chi connectivity index (χ1n) is 8.51. The number of allylic oxidation sites excluding steroid dienone is 1. The average molecular weight is 302 g/mol. The van der Waals surface area contributed by atoms with Crippen LogP contribution in [0.15, 0.2) is 24.4 Å². The van der Waals surface area contributed by atoms with E-state index in [4.69, 9.17) is 0 Å². The third-order valence-corrected chi connectivity index (χ3v) is 4.81. The lowest BCUT2D eigenvalue weighted by atomic mass is 9.93. The first-order chi connectivity index (χ1) is 10.8. The van der Waals surface area contributed by atoms with Crippen molar-refractivity contribution in [3.8, 4) is 0 Å². The van der Waals surface area contributed by atoms with E-state index in [9.17, 15) is 4.79 Å². The highest BCUT2D eigenvalue weighted by molar-refractivity contribution is 5.75. The fraction of sp³-hybridized carbons (Fsp3) is 0.647. The Balaban J connectivity index is 1.52. The summed E-state index contributed by atoms with van der Waals surface area (Å²) in [6.45, 7) is 4.71. The van der Waals surface area contributed by atoms with E-state index in [-0.39, 0.29) is 12.1 Å². The molecular formula is C17H26N4O. The summed E-state index contributed by atoms with van der Waals surface area (Å²) in [6.07, 6.45) is 11.6. The Hall–Kier alpha value is -1.78. The monoisotopic (exact) mass is 302 g/mol. The van der Waals surface area contributed by atoms with Crippen LogP contribution in [-0.2, 0) is 6.54 Å². The first kappa shape index (κ1) is 15.1. The zero-order chi connectivity index (χ0) is 15.4. The summed E-state index contributed by atoms with van der Waals surface area (Å²) in [5, 5.41) is 7.50. The van der Waals surface area contributed by atoms with E-state index in [1.165, 1.54) is 12.1 Å². The molecule has 1 atom stereocenters. The van der Waals surface area contributed by atoms with Gasteiger partial charge in [0.2, 0.25) is 0 Å². The van der Waals surface area contributed by atoms with Gasteiger partial charge in [0, 0.05) is 43.5 Å². The molecule has 5 nitrogen and oxygen atoms in total. The van der Waals surface area contributed by atoms with Crippen LogP contribution in [0.4, 0.5) is 4.79 Å². The summed E-state index contributed by atoms with van der Waals surface area (Å²) >= 11 is 0. The van der Waals surface area contributed by atoms with E-state index in [1.54, 1.807) is 0 Å². The van der Waals surface area contributed by atoms with Gasteiger partial charge in [0.15, 0.2) is 0 Å². The normalized spacial score (nSPS) is 22.8. The van der Waals surface area contributed by atoms with Gasteiger partial charge in [0.1, 0.15) is 0 Å². The molecule has 1 aromatic heterocycles. The molecule has 0 bridgehead atoms. The van der Waals surface area contributed by atoms with Crippen molar-refractivity contribution in [1.29, 1.82) is 0 Å². The lowest BCUT2D eigenvalue weighted by Gasteiger charge is -2.33. The predicted molar refractivity (Wildman–Crippen MR) is 86.8 cm³/mol. The summed E-state index contributed by atoms with van der Waals surface area (Å²) in [5.41, 5.74) is 1.32. The number of likely N-dealkylation sites (tertiary alicyclic amines) is 1. The van der Waals surface area contributed by atoms with Crippen molar-refractivity contribution in [2.75, 3.05) is 13.1 Å². The van der Waals surface area contributed by atoms with Crippen LogP contribution >= 0.6 is 0 Å². The second-order valence-electron chi connectivity index (χ2n) is 6.25. The lowest BCUT2D eigenvalue weighted by molar-refractivity contribution is 0.177. The Kier molecular flexibility index (Phi) is 4.80. The molecule has 1 aliphatic heterocycles. The highest BCUT2D eigenvalue weighted by Gasteiger charge is 2.26. The number of piperidine rings is 1. The number of carbonyl (C=O) groups excluding carboxylic acids is 1.